The van der Waals surface area contributed by atoms with Crippen molar-refractivity contribution in [1.82, 2.24) is 4.98 Å². The predicted molar refractivity (Wildman–Crippen MR) is 112 cm³/mol. The molecular weight excluding hydrogens is 352 g/mol. The monoisotopic (exact) mass is 372 g/mol. The second kappa shape index (κ2) is 7.33. The molecule has 2 aromatic carbocycles. The molecule has 0 aliphatic heterocycles. The molecule has 0 aliphatic carbocycles. The van der Waals surface area contributed by atoms with Crippen LogP contribution >= 0.6 is 11.3 Å². The molecule has 0 spiro atoms. The predicted octanol–water partition coefficient (Wildman–Crippen LogP) is 5.44. The standard InChI is InChI=1S/C23H20N2OS/c1-23(16-19-12-7-15-27-19,18-10-3-2-4-11-18)22(26)25-20-13-5-8-17-9-6-14-24-21(17)20/h2-15H,16H2,1H3,(H,25,26). The summed E-state index contributed by atoms with van der Waals surface area (Å²) in [6.07, 6.45) is 2.40. The SMILES string of the molecule is CC(Cc1cccs1)(C(=O)Nc1cccc2cccnc12)c1ccccc1. The number of pyridine rings is 1. The van der Waals surface area contributed by atoms with Crippen molar-refractivity contribution in [2.45, 2.75) is 18.8 Å². The number of rotatable bonds is 5. The van der Waals surface area contributed by atoms with E-state index in [2.05, 4.69) is 16.4 Å². The Morgan fingerprint density at radius 3 is 2.59 bits per heavy atom. The van der Waals surface area contributed by atoms with Crippen LogP contribution in [0.15, 0.2) is 84.4 Å². The van der Waals surface area contributed by atoms with E-state index in [1.165, 1.54) is 4.88 Å². The van der Waals surface area contributed by atoms with E-state index in [0.717, 1.165) is 22.2 Å². The van der Waals surface area contributed by atoms with Crippen molar-refractivity contribution in [3.05, 3.63) is 94.8 Å². The molecule has 0 bridgehead atoms. The highest BCUT2D eigenvalue weighted by molar-refractivity contribution is 7.09. The van der Waals surface area contributed by atoms with E-state index in [1.54, 1.807) is 17.5 Å². The zero-order valence-electron chi connectivity index (χ0n) is 15.1. The lowest BCUT2D eigenvalue weighted by molar-refractivity contribution is -0.121. The Balaban J connectivity index is 1.72. The lowest BCUT2D eigenvalue weighted by atomic mass is 9.78. The highest BCUT2D eigenvalue weighted by Crippen LogP contribution is 2.32. The van der Waals surface area contributed by atoms with Gasteiger partial charge in [-0.25, -0.2) is 0 Å². The number of thiophene rings is 1. The summed E-state index contributed by atoms with van der Waals surface area (Å²) in [6.45, 7) is 2.01. The van der Waals surface area contributed by atoms with Crippen LogP contribution in [0.3, 0.4) is 0 Å². The number of hydrogen-bond acceptors (Lipinski definition) is 3. The van der Waals surface area contributed by atoms with Crippen LogP contribution in [0.2, 0.25) is 0 Å². The number of nitrogens with one attached hydrogen (secondary N) is 1. The van der Waals surface area contributed by atoms with E-state index < -0.39 is 5.41 Å². The zero-order chi connectivity index (χ0) is 18.7. The number of aromatic nitrogens is 1. The quantitative estimate of drug-likeness (QED) is 0.507. The average molecular weight is 372 g/mol. The Bertz CT molecular complexity index is 1050. The Morgan fingerprint density at radius 1 is 1.00 bits per heavy atom. The van der Waals surface area contributed by atoms with Gasteiger partial charge in [-0.05, 0) is 42.5 Å². The molecule has 1 N–H and O–H groups in total. The molecule has 134 valence electrons. The van der Waals surface area contributed by atoms with Crippen molar-refractivity contribution >= 4 is 33.8 Å². The molecule has 1 unspecified atom stereocenters. The summed E-state index contributed by atoms with van der Waals surface area (Å²) in [7, 11) is 0. The lowest BCUT2D eigenvalue weighted by Crippen LogP contribution is -2.39. The molecule has 2 aromatic heterocycles. The first kappa shape index (κ1) is 17.4. The highest BCUT2D eigenvalue weighted by Gasteiger charge is 2.36. The number of fused-ring (bicyclic) bond motifs is 1. The van der Waals surface area contributed by atoms with Crippen LogP contribution in [-0.4, -0.2) is 10.9 Å². The molecule has 0 saturated heterocycles. The molecule has 1 amide bonds. The number of benzene rings is 2. The molecule has 0 fully saturated rings. The third-order valence-corrected chi connectivity index (χ3v) is 5.78. The van der Waals surface area contributed by atoms with Gasteiger partial charge in [0.1, 0.15) is 0 Å². The molecule has 1 atom stereocenters. The summed E-state index contributed by atoms with van der Waals surface area (Å²) < 4.78 is 0. The topological polar surface area (TPSA) is 42.0 Å². The minimum atomic E-state index is -0.678. The van der Waals surface area contributed by atoms with E-state index in [1.807, 2.05) is 79.0 Å². The van der Waals surface area contributed by atoms with Crippen LogP contribution in [0.5, 0.6) is 0 Å². The van der Waals surface area contributed by atoms with Crippen LogP contribution in [-0.2, 0) is 16.6 Å². The van der Waals surface area contributed by atoms with E-state index in [9.17, 15) is 4.79 Å². The third kappa shape index (κ3) is 3.49. The maximum absolute atomic E-state index is 13.5. The molecule has 4 heteroatoms. The lowest BCUT2D eigenvalue weighted by Gasteiger charge is -2.29. The summed E-state index contributed by atoms with van der Waals surface area (Å²) in [6, 6.07) is 23.8. The van der Waals surface area contributed by atoms with Crippen molar-refractivity contribution in [3.8, 4) is 0 Å². The van der Waals surface area contributed by atoms with Crippen molar-refractivity contribution in [1.29, 1.82) is 0 Å². The van der Waals surface area contributed by atoms with Crippen LogP contribution in [0.1, 0.15) is 17.4 Å². The fourth-order valence-electron chi connectivity index (χ4n) is 3.35. The third-order valence-electron chi connectivity index (χ3n) is 4.90. The molecule has 4 rings (SSSR count). The minimum Gasteiger partial charge on any atom is -0.323 e. The van der Waals surface area contributed by atoms with Gasteiger partial charge in [-0.3, -0.25) is 9.78 Å². The van der Waals surface area contributed by atoms with Crippen LogP contribution in [0.4, 0.5) is 5.69 Å². The first-order chi connectivity index (χ1) is 13.2. The first-order valence-corrected chi connectivity index (χ1v) is 9.78. The average Bonchev–Trinajstić information content (AvgIpc) is 3.21. The largest absolute Gasteiger partial charge is 0.323 e. The van der Waals surface area contributed by atoms with Crippen molar-refractivity contribution in [2.24, 2.45) is 0 Å². The Kier molecular flexibility index (Phi) is 4.73. The van der Waals surface area contributed by atoms with E-state index in [0.29, 0.717) is 6.42 Å². The summed E-state index contributed by atoms with van der Waals surface area (Å²) in [5.74, 6) is -0.0275. The minimum absolute atomic E-state index is 0.0275. The van der Waals surface area contributed by atoms with Gasteiger partial charge in [-0.15, -0.1) is 11.3 Å². The van der Waals surface area contributed by atoms with Gasteiger partial charge in [-0.2, -0.15) is 0 Å². The van der Waals surface area contributed by atoms with Crippen molar-refractivity contribution < 1.29 is 4.79 Å². The highest BCUT2D eigenvalue weighted by atomic mass is 32.1. The Hall–Kier alpha value is -2.98. The summed E-state index contributed by atoms with van der Waals surface area (Å²) in [5, 5.41) is 6.20. The van der Waals surface area contributed by atoms with Crippen LogP contribution in [0, 0.1) is 0 Å². The Morgan fingerprint density at radius 2 is 1.81 bits per heavy atom. The van der Waals surface area contributed by atoms with Gasteiger partial charge in [0.15, 0.2) is 0 Å². The second-order valence-electron chi connectivity index (χ2n) is 6.79. The zero-order valence-corrected chi connectivity index (χ0v) is 15.9. The first-order valence-electron chi connectivity index (χ1n) is 8.90. The number of amides is 1. The van der Waals surface area contributed by atoms with Gasteiger partial charge in [0.2, 0.25) is 5.91 Å². The summed E-state index contributed by atoms with van der Waals surface area (Å²) in [4.78, 5) is 19.1. The van der Waals surface area contributed by atoms with Crippen molar-refractivity contribution in [2.75, 3.05) is 5.32 Å². The van der Waals surface area contributed by atoms with Gasteiger partial charge in [0.05, 0.1) is 16.6 Å². The number of nitrogens with zero attached hydrogens (tertiary/aromatic N) is 1. The maximum atomic E-state index is 13.5. The molecule has 4 aromatic rings. The fourth-order valence-corrected chi connectivity index (χ4v) is 4.21. The van der Waals surface area contributed by atoms with E-state index >= 15 is 0 Å². The normalized spacial score (nSPS) is 13.2. The summed E-state index contributed by atoms with van der Waals surface area (Å²) in [5.41, 5.74) is 1.87. The fraction of sp³-hybridized carbons (Fsp3) is 0.130. The van der Waals surface area contributed by atoms with Gasteiger partial charge in [0.25, 0.3) is 0 Å². The van der Waals surface area contributed by atoms with Crippen LogP contribution < -0.4 is 5.32 Å². The molecule has 0 saturated carbocycles. The number of para-hydroxylation sites is 1. The van der Waals surface area contributed by atoms with Crippen molar-refractivity contribution in [3.63, 3.8) is 0 Å². The van der Waals surface area contributed by atoms with E-state index in [-0.39, 0.29) is 5.91 Å². The summed E-state index contributed by atoms with van der Waals surface area (Å²) >= 11 is 1.68. The van der Waals surface area contributed by atoms with Gasteiger partial charge < -0.3 is 5.32 Å². The van der Waals surface area contributed by atoms with E-state index in [4.69, 9.17) is 0 Å². The number of carbonyl (C=O) groups is 1. The molecule has 0 radical (unpaired) electrons. The van der Waals surface area contributed by atoms with Gasteiger partial charge >= 0.3 is 0 Å². The molecule has 27 heavy (non-hydrogen) atoms. The molecule has 2 heterocycles. The smallest absolute Gasteiger partial charge is 0.235 e. The van der Waals surface area contributed by atoms with Gasteiger partial charge in [-0.1, -0.05) is 54.6 Å². The molecule has 0 aliphatic rings. The Labute approximate surface area is 162 Å². The van der Waals surface area contributed by atoms with Crippen LogP contribution in [0.25, 0.3) is 10.9 Å². The maximum Gasteiger partial charge on any atom is 0.235 e. The number of hydrogen-bond donors (Lipinski definition) is 1. The molecule has 3 nitrogen and oxygen atoms in total. The van der Waals surface area contributed by atoms with Gasteiger partial charge in [0, 0.05) is 16.5 Å². The number of carbonyl (C=O) groups excluding carboxylic acids is 1. The second-order valence-corrected chi connectivity index (χ2v) is 7.82. The molecular formula is C23H20N2OS. The number of anilines is 1.